The lowest BCUT2D eigenvalue weighted by Crippen LogP contribution is -2.63. The maximum Gasteiger partial charge on any atom is 0.248 e. The molecule has 186 valence electrons. The first-order valence-electron chi connectivity index (χ1n) is 12.3. The summed E-state index contributed by atoms with van der Waals surface area (Å²) in [6.07, 6.45) is 2.21. The Morgan fingerprint density at radius 3 is 2.54 bits per heavy atom. The van der Waals surface area contributed by atoms with Crippen LogP contribution in [0.25, 0.3) is 0 Å². The van der Waals surface area contributed by atoms with E-state index in [1.54, 1.807) is 0 Å². The molecule has 3 heterocycles. The van der Waals surface area contributed by atoms with Crippen molar-refractivity contribution in [2.75, 3.05) is 45.9 Å². The molecule has 1 unspecified atom stereocenters. The number of amides is 2. The Bertz CT molecular complexity index is 1080. The smallest absolute Gasteiger partial charge is 0.248 e. The summed E-state index contributed by atoms with van der Waals surface area (Å²) < 4.78 is 5.27. The molecule has 0 spiro atoms. The highest BCUT2D eigenvalue weighted by molar-refractivity contribution is 6.42. The predicted molar refractivity (Wildman–Crippen MR) is 137 cm³/mol. The van der Waals surface area contributed by atoms with E-state index < -0.39 is 0 Å². The number of hydrogen-bond acceptors (Lipinski definition) is 4. The number of likely N-dealkylation sites (tertiary alicyclic amines) is 2. The van der Waals surface area contributed by atoms with Gasteiger partial charge in [0.15, 0.2) is 0 Å². The number of carbonyl (C=O) groups is 2. The van der Waals surface area contributed by atoms with Crippen molar-refractivity contribution in [3.63, 3.8) is 0 Å². The molecule has 8 heteroatoms. The zero-order valence-corrected chi connectivity index (χ0v) is 21.3. The number of hydrogen-bond donors (Lipinski definition) is 0. The minimum absolute atomic E-state index is 0.0931. The lowest BCUT2D eigenvalue weighted by Gasteiger charge is -2.49. The van der Waals surface area contributed by atoms with Gasteiger partial charge in [-0.25, -0.2) is 0 Å². The number of carbonyl (C=O) groups excluding carboxylic acids is 2. The van der Waals surface area contributed by atoms with E-state index >= 15 is 0 Å². The average molecular weight is 516 g/mol. The largest absolute Gasteiger partial charge is 0.370 e. The lowest BCUT2D eigenvalue weighted by molar-refractivity contribution is -0.150. The Morgan fingerprint density at radius 2 is 1.80 bits per heavy atom. The molecular formula is C27H31Cl2N3O3. The van der Waals surface area contributed by atoms with E-state index in [9.17, 15) is 9.59 Å². The molecule has 0 radical (unpaired) electrons. The van der Waals surface area contributed by atoms with E-state index in [0.29, 0.717) is 42.7 Å². The molecule has 2 aromatic rings. The number of ether oxygens (including phenoxy) is 1. The Labute approximate surface area is 216 Å². The minimum atomic E-state index is -0.198. The third-order valence-electron chi connectivity index (χ3n) is 7.72. The quantitative estimate of drug-likeness (QED) is 0.559. The fourth-order valence-electron chi connectivity index (χ4n) is 5.61. The second-order valence-electron chi connectivity index (χ2n) is 9.95. The number of piperidine rings is 1. The molecule has 3 saturated heterocycles. The zero-order chi connectivity index (χ0) is 24.4. The summed E-state index contributed by atoms with van der Waals surface area (Å²) in [5, 5.41) is 1.09. The standard InChI is InChI=1S/C27H31Cl2N3O3/c28-23-7-6-21(14-24(23)29)27(9-8-25(33)31(19-27)15-20-4-2-1-3-5-20)10-11-30-16-22(17-30)32-12-13-35-18-26(32)34/h1-7,14,22H,8-13,15-19H2. The Morgan fingerprint density at radius 1 is 1.00 bits per heavy atom. The summed E-state index contributed by atoms with van der Waals surface area (Å²) in [6, 6.07) is 16.3. The summed E-state index contributed by atoms with van der Waals surface area (Å²) in [4.78, 5) is 31.5. The number of morpholine rings is 1. The van der Waals surface area contributed by atoms with E-state index in [1.807, 2.05) is 40.1 Å². The Hall–Kier alpha value is -2.12. The molecule has 0 aromatic heterocycles. The molecule has 1 atom stereocenters. The van der Waals surface area contributed by atoms with Gasteiger partial charge in [0.25, 0.3) is 0 Å². The van der Waals surface area contributed by atoms with E-state index in [1.165, 1.54) is 0 Å². The summed E-state index contributed by atoms with van der Waals surface area (Å²) in [5.74, 6) is 0.287. The fraction of sp³-hybridized carbons (Fsp3) is 0.481. The van der Waals surface area contributed by atoms with Crippen molar-refractivity contribution >= 4 is 35.0 Å². The number of benzene rings is 2. The molecule has 5 rings (SSSR count). The molecule has 3 fully saturated rings. The van der Waals surface area contributed by atoms with Crippen LogP contribution in [0.2, 0.25) is 10.0 Å². The van der Waals surface area contributed by atoms with Crippen molar-refractivity contribution in [3.8, 4) is 0 Å². The second-order valence-corrected chi connectivity index (χ2v) is 10.8. The molecule has 0 bridgehead atoms. The van der Waals surface area contributed by atoms with Crippen LogP contribution >= 0.6 is 23.2 Å². The summed E-state index contributed by atoms with van der Waals surface area (Å²) >= 11 is 12.7. The van der Waals surface area contributed by atoms with Crippen LogP contribution in [0.1, 0.15) is 30.4 Å². The van der Waals surface area contributed by atoms with Crippen molar-refractivity contribution in [3.05, 3.63) is 69.7 Å². The van der Waals surface area contributed by atoms with Gasteiger partial charge in [0.1, 0.15) is 6.61 Å². The number of nitrogens with zero attached hydrogens (tertiary/aromatic N) is 3. The second kappa shape index (κ2) is 10.5. The first kappa shape index (κ1) is 24.6. The van der Waals surface area contributed by atoms with E-state index in [-0.39, 0.29) is 29.9 Å². The van der Waals surface area contributed by atoms with Crippen molar-refractivity contribution in [2.45, 2.75) is 37.3 Å². The topological polar surface area (TPSA) is 53.1 Å². The van der Waals surface area contributed by atoms with Gasteiger partial charge in [-0.05, 0) is 42.6 Å². The monoisotopic (exact) mass is 515 g/mol. The van der Waals surface area contributed by atoms with Crippen LogP contribution in [-0.2, 0) is 26.3 Å². The maximum atomic E-state index is 12.9. The van der Waals surface area contributed by atoms with Gasteiger partial charge in [-0.2, -0.15) is 0 Å². The van der Waals surface area contributed by atoms with E-state index in [2.05, 4.69) is 23.1 Å². The lowest BCUT2D eigenvalue weighted by atomic mass is 9.71. The third kappa shape index (κ3) is 5.36. The van der Waals surface area contributed by atoms with Crippen LogP contribution in [0.15, 0.2) is 48.5 Å². The molecule has 0 saturated carbocycles. The highest BCUT2D eigenvalue weighted by Gasteiger charge is 2.42. The van der Waals surface area contributed by atoms with Gasteiger partial charge in [0, 0.05) is 44.6 Å². The molecule has 3 aliphatic rings. The van der Waals surface area contributed by atoms with Gasteiger partial charge < -0.3 is 14.5 Å². The minimum Gasteiger partial charge on any atom is -0.370 e. The molecule has 0 N–H and O–H groups in total. The summed E-state index contributed by atoms with van der Waals surface area (Å²) in [6.45, 7) is 5.43. The first-order chi connectivity index (χ1) is 16.9. The van der Waals surface area contributed by atoms with Crippen LogP contribution in [0, 0.1) is 0 Å². The van der Waals surface area contributed by atoms with E-state index in [4.69, 9.17) is 27.9 Å². The van der Waals surface area contributed by atoms with Crippen molar-refractivity contribution in [1.82, 2.24) is 14.7 Å². The molecule has 2 amide bonds. The van der Waals surface area contributed by atoms with Gasteiger partial charge >= 0.3 is 0 Å². The Kier molecular flexibility index (Phi) is 7.35. The van der Waals surface area contributed by atoms with Crippen LogP contribution in [0.4, 0.5) is 0 Å². The Balaban J connectivity index is 1.31. The van der Waals surface area contributed by atoms with E-state index in [0.717, 1.165) is 43.6 Å². The van der Waals surface area contributed by atoms with Gasteiger partial charge in [0.2, 0.25) is 11.8 Å². The first-order valence-corrected chi connectivity index (χ1v) is 13.1. The molecule has 35 heavy (non-hydrogen) atoms. The highest BCUT2D eigenvalue weighted by Crippen LogP contribution is 2.41. The van der Waals surface area contributed by atoms with Crippen molar-refractivity contribution in [2.24, 2.45) is 0 Å². The van der Waals surface area contributed by atoms with Crippen molar-refractivity contribution in [1.29, 1.82) is 0 Å². The summed E-state index contributed by atoms with van der Waals surface area (Å²) in [7, 11) is 0. The van der Waals surface area contributed by atoms with Crippen LogP contribution in [0.5, 0.6) is 0 Å². The molecular weight excluding hydrogens is 485 g/mol. The van der Waals surface area contributed by atoms with Gasteiger partial charge in [-0.3, -0.25) is 14.5 Å². The van der Waals surface area contributed by atoms with Gasteiger partial charge in [-0.15, -0.1) is 0 Å². The average Bonchev–Trinajstić information content (AvgIpc) is 2.83. The van der Waals surface area contributed by atoms with Gasteiger partial charge in [0.05, 0.1) is 22.7 Å². The predicted octanol–water partition coefficient (Wildman–Crippen LogP) is 3.99. The molecule has 3 aliphatic heterocycles. The molecule has 0 aliphatic carbocycles. The molecule has 2 aromatic carbocycles. The van der Waals surface area contributed by atoms with Crippen LogP contribution < -0.4 is 0 Å². The highest BCUT2D eigenvalue weighted by atomic mass is 35.5. The third-order valence-corrected chi connectivity index (χ3v) is 8.46. The van der Waals surface area contributed by atoms with Crippen molar-refractivity contribution < 1.29 is 14.3 Å². The zero-order valence-electron chi connectivity index (χ0n) is 19.8. The SMILES string of the molecule is O=C1CCC(CCN2CC(N3CCOCC3=O)C2)(c2ccc(Cl)c(Cl)c2)CN1Cc1ccccc1. The van der Waals surface area contributed by atoms with Crippen LogP contribution in [-0.4, -0.2) is 78.5 Å². The number of rotatable bonds is 7. The normalized spacial score (nSPS) is 24.1. The maximum absolute atomic E-state index is 12.9. The van der Waals surface area contributed by atoms with Crippen LogP contribution in [0.3, 0.4) is 0 Å². The molecule has 6 nitrogen and oxygen atoms in total. The summed E-state index contributed by atoms with van der Waals surface area (Å²) in [5.41, 5.74) is 2.07. The number of halogens is 2. The fourth-order valence-corrected chi connectivity index (χ4v) is 5.90. The van der Waals surface area contributed by atoms with Gasteiger partial charge in [-0.1, -0.05) is 59.6 Å².